The van der Waals surface area contributed by atoms with E-state index in [2.05, 4.69) is 59.8 Å². The van der Waals surface area contributed by atoms with Crippen LogP contribution in [0, 0.1) is 16.3 Å². The maximum Gasteiger partial charge on any atom is 0.123 e. The van der Waals surface area contributed by atoms with Gasteiger partial charge in [-0.2, -0.15) is 0 Å². The Kier molecular flexibility index (Phi) is 3.99. The molecule has 0 saturated carbocycles. The van der Waals surface area contributed by atoms with Crippen molar-refractivity contribution in [3.63, 3.8) is 0 Å². The van der Waals surface area contributed by atoms with Gasteiger partial charge in [-0.15, -0.1) is 11.3 Å². The number of aryl methyl sites for hydroxylation is 1. The molecule has 0 radical (unpaired) electrons. The Morgan fingerprint density at radius 3 is 2.57 bits per heavy atom. The summed E-state index contributed by atoms with van der Waals surface area (Å²) in [5, 5.41) is 0. The summed E-state index contributed by atoms with van der Waals surface area (Å²) in [4.78, 5) is 2.38. The van der Waals surface area contributed by atoms with Crippen LogP contribution >= 0.6 is 33.9 Å². The molecule has 0 N–H and O–H groups in total. The Morgan fingerprint density at radius 2 is 1.78 bits per heavy atom. The van der Waals surface area contributed by atoms with Crippen molar-refractivity contribution in [2.75, 3.05) is 0 Å². The molecule has 1 aliphatic rings. The SMILES string of the molecule is Cc1ccc(I)cc1C1OC1c1ccc(-c2ccc(F)cc2)s1. The highest BCUT2D eigenvalue weighted by Gasteiger charge is 2.43. The van der Waals surface area contributed by atoms with Gasteiger partial charge in [0.1, 0.15) is 18.0 Å². The van der Waals surface area contributed by atoms with E-state index >= 15 is 0 Å². The third-order valence-corrected chi connectivity index (χ3v) is 5.94. The minimum atomic E-state index is -0.203. The zero-order valence-corrected chi connectivity index (χ0v) is 15.4. The molecule has 4 heteroatoms. The van der Waals surface area contributed by atoms with E-state index in [-0.39, 0.29) is 18.0 Å². The number of benzene rings is 2. The van der Waals surface area contributed by atoms with Gasteiger partial charge in [0.05, 0.1) is 0 Å². The number of rotatable bonds is 3. The van der Waals surface area contributed by atoms with Gasteiger partial charge >= 0.3 is 0 Å². The minimum absolute atomic E-state index is 0.145. The van der Waals surface area contributed by atoms with Crippen molar-refractivity contribution in [2.24, 2.45) is 0 Å². The molecule has 0 aliphatic carbocycles. The van der Waals surface area contributed by atoms with Crippen molar-refractivity contribution in [3.8, 4) is 10.4 Å². The average Bonchev–Trinajstić information content (AvgIpc) is 3.19. The molecule has 0 amide bonds. The van der Waals surface area contributed by atoms with E-state index in [1.54, 1.807) is 11.3 Å². The van der Waals surface area contributed by atoms with E-state index in [4.69, 9.17) is 4.74 Å². The lowest BCUT2D eigenvalue weighted by Gasteiger charge is -2.02. The topological polar surface area (TPSA) is 12.5 Å². The van der Waals surface area contributed by atoms with Gasteiger partial charge in [0.15, 0.2) is 0 Å². The molecule has 1 saturated heterocycles. The van der Waals surface area contributed by atoms with Gasteiger partial charge in [0.2, 0.25) is 0 Å². The molecule has 1 nitrogen and oxygen atoms in total. The van der Waals surface area contributed by atoms with Gasteiger partial charge in [-0.1, -0.05) is 18.2 Å². The third-order valence-electron chi connectivity index (χ3n) is 4.08. The van der Waals surface area contributed by atoms with E-state index < -0.39 is 0 Å². The lowest BCUT2D eigenvalue weighted by Crippen LogP contribution is -1.88. The molecule has 0 spiro atoms. The monoisotopic (exact) mass is 436 g/mol. The minimum Gasteiger partial charge on any atom is -0.359 e. The number of halogens is 2. The summed E-state index contributed by atoms with van der Waals surface area (Å²) >= 11 is 4.06. The van der Waals surface area contributed by atoms with Gasteiger partial charge in [-0.3, -0.25) is 0 Å². The fourth-order valence-electron chi connectivity index (χ4n) is 2.76. The van der Waals surface area contributed by atoms with Crippen LogP contribution in [0.5, 0.6) is 0 Å². The summed E-state index contributed by atoms with van der Waals surface area (Å²) < 4.78 is 20.2. The predicted octanol–water partition coefficient (Wildman–Crippen LogP) is 6.28. The van der Waals surface area contributed by atoms with Gasteiger partial charge in [-0.05, 0) is 82.6 Å². The molecule has 1 fully saturated rings. The zero-order chi connectivity index (χ0) is 16.0. The van der Waals surface area contributed by atoms with Crippen LogP contribution in [0.2, 0.25) is 0 Å². The highest BCUT2D eigenvalue weighted by Crippen LogP contribution is 2.54. The van der Waals surface area contributed by atoms with Crippen molar-refractivity contribution in [1.29, 1.82) is 0 Å². The number of thiophene rings is 1. The smallest absolute Gasteiger partial charge is 0.123 e. The molecule has 2 heterocycles. The Morgan fingerprint density at radius 1 is 1.00 bits per heavy atom. The third kappa shape index (κ3) is 3.07. The molecule has 2 unspecified atom stereocenters. The van der Waals surface area contributed by atoms with Crippen molar-refractivity contribution in [2.45, 2.75) is 19.1 Å². The Bertz CT molecular complexity index is 856. The molecule has 1 aromatic heterocycles. The summed E-state index contributed by atoms with van der Waals surface area (Å²) in [7, 11) is 0. The lowest BCUT2D eigenvalue weighted by molar-refractivity contribution is 0.379. The van der Waals surface area contributed by atoms with Crippen molar-refractivity contribution in [3.05, 3.63) is 80.0 Å². The largest absolute Gasteiger partial charge is 0.359 e. The molecule has 2 aromatic carbocycles. The summed E-state index contributed by atoms with van der Waals surface area (Å²) in [5.41, 5.74) is 3.59. The molecule has 4 rings (SSSR count). The van der Waals surface area contributed by atoms with E-state index in [0.29, 0.717) is 0 Å². The Balaban J connectivity index is 1.57. The summed E-state index contributed by atoms with van der Waals surface area (Å²) in [6.07, 6.45) is 0.301. The van der Waals surface area contributed by atoms with Crippen LogP contribution in [-0.2, 0) is 4.74 Å². The number of hydrogen-bond donors (Lipinski definition) is 0. The molecular formula is C19H14FIOS. The first-order valence-corrected chi connectivity index (χ1v) is 9.28. The number of epoxide rings is 1. The van der Waals surface area contributed by atoms with Crippen LogP contribution < -0.4 is 0 Å². The summed E-state index contributed by atoms with van der Waals surface area (Å²) in [6.45, 7) is 2.13. The second-order valence-electron chi connectivity index (χ2n) is 5.69. The fraction of sp³-hybridized carbons (Fsp3) is 0.158. The van der Waals surface area contributed by atoms with Crippen molar-refractivity contribution >= 4 is 33.9 Å². The predicted molar refractivity (Wildman–Crippen MR) is 100 cm³/mol. The van der Waals surface area contributed by atoms with E-state index in [1.807, 2.05) is 12.1 Å². The van der Waals surface area contributed by atoms with Crippen LogP contribution in [0.3, 0.4) is 0 Å². The van der Waals surface area contributed by atoms with Crippen LogP contribution in [0.15, 0.2) is 54.6 Å². The fourth-order valence-corrected chi connectivity index (χ4v) is 4.35. The highest BCUT2D eigenvalue weighted by molar-refractivity contribution is 14.1. The molecule has 23 heavy (non-hydrogen) atoms. The second kappa shape index (κ2) is 6.00. The molecule has 1 aliphatic heterocycles. The van der Waals surface area contributed by atoms with E-state index in [9.17, 15) is 4.39 Å². The molecule has 2 atom stereocenters. The second-order valence-corrected chi connectivity index (χ2v) is 8.05. The zero-order valence-electron chi connectivity index (χ0n) is 12.4. The van der Waals surface area contributed by atoms with E-state index in [0.717, 1.165) is 10.4 Å². The first kappa shape index (κ1) is 15.3. The van der Waals surface area contributed by atoms with Crippen molar-refractivity contribution in [1.82, 2.24) is 0 Å². The number of hydrogen-bond acceptors (Lipinski definition) is 2. The average molecular weight is 436 g/mol. The quantitative estimate of drug-likeness (QED) is 0.348. The molecule has 0 bridgehead atoms. The van der Waals surface area contributed by atoms with E-state index in [1.165, 1.54) is 31.7 Å². The highest BCUT2D eigenvalue weighted by atomic mass is 127. The van der Waals surface area contributed by atoms with Crippen LogP contribution in [-0.4, -0.2) is 0 Å². The molecular weight excluding hydrogens is 422 g/mol. The normalized spacial score (nSPS) is 19.8. The first-order chi connectivity index (χ1) is 11.1. The Hall–Kier alpha value is -1.24. The maximum atomic E-state index is 13.0. The van der Waals surface area contributed by atoms with Gasteiger partial charge in [0.25, 0.3) is 0 Å². The molecule has 3 aromatic rings. The lowest BCUT2D eigenvalue weighted by atomic mass is 10.0. The molecule has 116 valence electrons. The Labute approximate surface area is 152 Å². The first-order valence-electron chi connectivity index (χ1n) is 7.39. The number of ether oxygens (including phenoxy) is 1. The summed E-state index contributed by atoms with van der Waals surface area (Å²) in [6, 6.07) is 17.3. The van der Waals surface area contributed by atoms with Gasteiger partial charge in [0, 0.05) is 13.3 Å². The van der Waals surface area contributed by atoms with Crippen molar-refractivity contribution < 1.29 is 9.13 Å². The van der Waals surface area contributed by atoms with Gasteiger partial charge < -0.3 is 4.74 Å². The van der Waals surface area contributed by atoms with Gasteiger partial charge in [-0.25, -0.2) is 4.39 Å². The van der Waals surface area contributed by atoms with Crippen LogP contribution in [0.1, 0.15) is 28.2 Å². The summed E-state index contributed by atoms with van der Waals surface area (Å²) in [5.74, 6) is -0.203. The van der Waals surface area contributed by atoms with Crippen LogP contribution in [0.4, 0.5) is 4.39 Å². The van der Waals surface area contributed by atoms with Crippen LogP contribution in [0.25, 0.3) is 10.4 Å². The standard InChI is InChI=1S/C19H14FIOS/c1-11-2-7-14(21)10-15(11)18-19(22-18)17-9-8-16(23-17)12-3-5-13(20)6-4-12/h2-10,18-19H,1H3. The maximum absolute atomic E-state index is 13.0.